The predicted molar refractivity (Wildman–Crippen MR) is 64.7 cm³/mol. The molecule has 0 spiro atoms. The van der Waals surface area contributed by atoms with E-state index in [1.165, 1.54) is 0 Å². The molecule has 0 unspecified atom stereocenters. The van der Waals surface area contributed by atoms with Crippen LogP contribution in [0.4, 0.5) is 0 Å². The fraction of sp³-hybridized carbons (Fsp3) is 0.385. The molecule has 16 heavy (non-hydrogen) atoms. The average Bonchev–Trinajstić information content (AvgIpc) is 2.26. The Morgan fingerprint density at radius 1 is 1.25 bits per heavy atom. The molecule has 0 amide bonds. The van der Waals surface area contributed by atoms with Crippen LogP contribution in [0.2, 0.25) is 0 Å². The number of ether oxygens (including phenoxy) is 1. The smallest absolute Gasteiger partial charge is 0.330 e. The van der Waals surface area contributed by atoms with E-state index in [2.05, 4.69) is 4.99 Å². The van der Waals surface area contributed by atoms with Crippen molar-refractivity contribution in [2.45, 2.75) is 32.9 Å². The molecule has 3 heteroatoms. The van der Waals surface area contributed by atoms with Crippen molar-refractivity contribution in [1.82, 2.24) is 0 Å². The maximum absolute atomic E-state index is 11.4. The topological polar surface area (TPSA) is 38.7 Å². The second kappa shape index (κ2) is 6.05. The Bertz CT molecular complexity index is 357. The molecule has 1 aromatic carbocycles. The zero-order valence-corrected chi connectivity index (χ0v) is 9.88. The highest BCUT2D eigenvalue weighted by molar-refractivity contribution is 5.83. The van der Waals surface area contributed by atoms with Gasteiger partial charge in [-0.05, 0) is 26.3 Å². The van der Waals surface area contributed by atoms with E-state index in [0.29, 0.717) is 0 Å². The van der Waals surface area contributed by atoms with Crippen LogP contribution in [0.1, 0.15) is 26.3 Å². The number of nitrogens with zero attached hydrogens (tertiary/aromatic N) is 1. The summed E-state index contributed by atoms with van der Waals surface area (Å²) in [4.78, 5) is 15.6. The Morgan fingerprint density at radius 2 is 1.88 bits per heavy atom. The van der Waals surface area contributed by atoms with Crippen LogP contribution >= 0.6 is 0 Å². The van der Waals surface area contributed by atoms with Gasteiger partial charge < -0.3 is 4.74 Å². The Balaban J connectivity index is 2.54. The molecule has 0 aliphatic carbocycles. The van der Waals surface area contributed by atoms with Crippen LogP contribution in [0.15, 0.2) is 35.3 Å². The molecule has 1 aromatic rings. The van der Waals surface area contributed by atoms with Gasteiger partial charge in [0.2, 0.25) is 0 Å². The van der Waals surface area contributed by atoms with Crippen molar-refractivity contribution in [3.63, 3.8) is 0 Å². The maximum Gasteiger partial charge on any atom is 0.330 e. The summed E-state index contributed by atoms with van der Waals surface area (Å²) < 4.78 is 5.05. The minimum atomic E-state index is -0.456. The van der Waals surface area contributed by atoms with E-state index in [-0.39, 0.29) is 12.1 Å². The number of benzene rings is 1. The first kappa shape index (κ1) is 12.4. The number of esters is 1. The highest BCUT2D eigenvalue weighted by Gasteiger charge is 2.13. The van der Waals surface area contributed by atoms with Crippen molar-refractivity contribution in [3.8, 4) is 0 Å². The Kier molecular flexibility index (Phi) is 4.70. The number of aliphatic imine (C=N–C) groups is 1. The third-order valence-electron chi connectivity index (χ3n) is 1.94. The highest BCUT2D eigenvalue weighted by atomic mass is 16.5. The second-order valence-electron chi connectivity index (χ2n) is 3.85. The summed E-state index contributed by atoms with van der Waals surface area (Å²) in [6.07, 6.45) is 1.59. The van der Waals surface area contributed by atoms with Crippen molar-refractivity contribution >= 4 is 12.2 Å². The van der Waals surface area contributed by atoms with Crippen molar-refractivity contribution in [1.29, 1.82) is 0 Å². The summed E-state index contributed by atoms with van der Waals surface area (Å²) >= 11 is 0. The van der Waals surface area contributed by atoms with Gasteiger partial charge in [-0.1, -0.05) is 30.3 Å². The Hall–Kier alpha value is -1.64. The van der Waals surface area contributed by atoms with Crippen molar-refractivity contribution < 1.29 is 9.53 Å². The highest BCUT2D eigenvalue weighted by Crippen LogP contribution is 2.00. The van der Waals surface area contributed by atoms with Crippen LogP contribution in [0.5, 0.6) is 0 Å². The van der Waals surface area contributed by atoms with Gasteiger partial charge in [0.1, 0.15) is 6.04 Å². The largest absolute Gasteiger partial charge is 0.461 e. The van der Waals surface area contributed by atoms with E-state index < -0.39 is 6.04 Å². The summed E-state index contributed by atoms with van der Waals surface area (Å²) in [5.74, 6) is -0.290. The molecule has 0 heterocycles. The lowest BCUT2D eigenvalue weighted by molar-refractivity contribution is -0.148. The number of hydrogen-bond acceptors (Lipinski definition) is 3. The molecule has 3 nitrogen and oxygen atoms in total. The molecule has 0 bridgehead atoms. The lowest BCUT2D eigenvalue weighted by Gasteiger charge is -2.10. The van der Waals surface area contributed by atoms with E-state index >= 15 is 0 Å². The monoisotopic (exact) mass is 219 g/mol. The third-order valence-corrected chi connectivity index (χ3v) is 1.94. The summed E-state index contributed by atoms with van der Waals surface area (Å²) in [5.41, 5.74) is 0.978. The Labute approximate surface area is 96.2 Å². The molecule has 0 aliphatic heterocycles. The van der Waals surface area contributed by atoms with Crippen LogP contribution in [0.25, 0.3) is 0 Å². The van der Waals surface area contributed by atoms with Gasteiger partial charge in [-0.3, -0.25) is 4.99 Å². The molecule has 0 N–H and O–H groups in total. The van der Waals surface area contributed by atoms with Gasteiger partial charge in [0.15, 0.2) is 0 Å². The quantitative estimate of drug-likeness (QED) is 0.576. The second-order valence-corrected chi connectivity index (χ2v) is 3.85. The first-order valence-electron chi connectivity index (χ1n) is 5.38. The third kappa shape index (κ3) is 4.26. The van der Waals surface area contributed by atoms with Gasteiger partial charge in [0, 0.05) is 6.21 Å². The number of carbonyl (C=O) groups is 1. The van der Waals surface area contributed by atoms with E-state index in [9.17, 15) is 4.79 Å². The molecule has 0 radical (unpaired) electrons. The number of carbonyl (C=O) groups excluding carboxylic acids is 1. The standard InChI is InChI=1S/C13H17NO2/c1-10(2)16-13(15)11(3)14-9-12-7-5-4-6-8-12/h4-11H,1-3H3/t11-/m1/s1. The van der Waals surface area contributed by atoms with Crippen LogP contribution in [0.3, 0.4) is 0 Å². The molecule has 0 aliphatic rings. The first-order chi connectivity index (χ1) is 7.59. The van der Waals surface area contributed by atoms with Gasteiger partial charge in [-0.2, -0.15) is 0 Å². The van der Waals surface area contributed by atoms with Gasteiger partial charge in [0.05, 0.1) is 6.10 Å². The van der Waals surface area contributed by atoms with Crippen LogP contribution in [0, 0.1) is 0 Å². The zero-order valence-electron chi connectivity index (χ0n) is 9.88. The summed E-state index contributed by atoms with van der Waals surface area (Å²) in [5, 5.41) is 0. The normalized spacial score (nSPS) is 13.0. The molecule has 1 rings (SSSR count). The minimum absolute atomic E-state index is 0.0955. The van der Waals surface area contributed by atoms with Gasteiger partial charge in [-0.25, -0.2) is 4.79 Å². The van der Waals surface area contributed by atoms with Crippen LogP contribution in [-0.4, -0.2) is 24.3 Å². The van der Waals surface area contributed by atoms with Crippen molar-refractivity contribution in [3.05, 3.63) is 35.9 Å². The fourth-order valence-corrected chi connectivity index (χ4v) is 1.13. The predicted octanol–water partition coefficient (Wildman–Crippen LogP) is 2.45. The lowest BCUT2D eigenvalue weighted by Crippen LogP contribution is -2.21. The van der Waals surface area contributed by atoms with E-state index in [1.54, 1.807) is 13.1 Å². The van der Waals surface area contributed by atoms with E-state index in [1.807, 2.05) is 44.2 Å². The lowest BCUT2D eigenvalue weighted by atomic mass is 10.2. The zero-order chi connectivity index (χ0) is 12.0. The molecule has 0 aromatic heterocycles. The van der Waals surface area contributed by atoms with Crippen LogP contribution < -0.4 is 0 Å². The molecule has 86 valence electrons. The molecule has 0 saturated heterocycles. The Morgan fingerprint density at radius 3 is 2.44 bits per heavy atom. The van der Waals surface area contributed by atoms with Gasteiger partial charge in [0.25, 0.3) is 0 Å². The van der Waals surface area contributed by atoms with E-state index in [4.69, 9.17) is 4.74 Å². The summed E-state index contributed by atoms with van der Waals surface area (Å²) in [6.45, 7) is 5.38. The number of hydrogen-bond donors (Lipinski definition) is 0. The fourth-order valence-electron chi connectivity index (χ4n) is 1.13. The summed E-state index contributed by atoms with van der Waals surface area (Å²) in [7, 11) is 0. The average molecular weight is 219 g/mol. The van der Waals surface area contributed by atoms with E-state index in [0.717, 1.165) is 5.56 Å². The van der Waals surface area contributed by atoms with Gasteiger partial charge >= 0.3 is 5.97 Å². The molecular weight excluding hydrogens is 202 g/mol. The molecule has 0 fully saturated rings. The number of rotatable bonds is 4. The van der Waals surface area contributed by atoms with Crippen molar-refractivity contribution in [2.75, 3.05) is 0 Å². The summed E-state index contributed by atoms with van der Waals surface area (Å²) in [6, 6.07) is 9.21. The molecule has 0 saturated carbocycles. The first-order valence-corrected chi connectivity index (χ1v) is 5.38. The maximum atomic E-state index is 11.4. The van der Waals surface area contributed by atoms with Crippen LogP contribution in [-0.2, 0) is 9.53 Å². The molecule has 1 atom stereocenters. The van der Waals surface area contributed by atoms with Gasteiger partial charge in [-0.15, -0.1) is 0 Å². The SMILES string of the molecule is CC(C)OC(=O)[C@@H](C)N=Cc1ccccc1. The van der Waals surface area contributed by atoms with Crippen molar-refractivity contribution in [2.24, 2.45) is 4.99 Å². The minimum Gasteiger partial charge on any atom is -0.461 e. The molecular formula is C13H17NO2.